The number of rotatable bonds is 5. The molecule has 0 saturated carbocycles. The van der Waals surface area contributed by atoms with E-state index in [9.17, 15) is 12.8 Å². The van der Waals surface area contributed by atoms with Crippen molar-refractivity contribution in [3.05, 3.63) is 35.6 Å². The molecule has 1 aromatic carbocycles. The second-order valence-electron chi connectivity index (χ2n) is 5.66. The van der Waals surface area contributed by atoms with Gasteiger partial charge in [-0.15, -0.1) is 0 Å². The molecule has 1 aliphatic heterocycles. The Morgan fingerprint density at radius 2 is 2.10 bits per heavy atom. The summed E-state index contributed by atoms with van der Waals surface area (Å²) in [6.07, 6.45) is 2.92. The minimum Gasteiger partial charge on any atom is -0.309 e. The van der Waals surface area contributed by atoms with Crippen LogP contribution in [0.1, 0.15) is 25.3 Å². The van der Waals surface area contributed by atoms with Crippen LogP contribution in [0, 0.1) is 11.7 Å². The summed E-state index contributed by atoms with van der Waals surface area (Å²) in [4.78, 5) is 0. The van der Waals surface area contributed by atoms with Gasteiger partial charge in [0, 0.05) is 31.2 Å². The van der Waals surface area contributed by atoms with Crippen LogP contribution in [0.15, 0.2) is 24.3 Å². The largest absolute Gasteiger partial charge is 0.309 e. The Hall–Kier alpha value is -0.980. The maximum absolute atomic E-state index is 13.6. The quantitative estimate of drug-likeness (QED) is 0.904. The van der Waals surface area contributed by atoms with Gasteiger partial charge >= 0.3 is 0 Å². The molecule has 0 aromatic heterocycles. The highest BCUT2D eigenvalue weighted by Gasteiger charge is 2.31. The molecule has 118 valence electrons. The lowest BCUT2D eigenvalue weighted by Gasteiger charge is -2.37. The van der Waals surface area contributed by atoms with Gasteiger partial charge < -0.3 is 5.32 Å². The number of nitrogens with zero attached hydrogens (tertiary/aromatic N) is 1. The van der Waals surface area contributed by atoms with E-state index in [0.29, 0.717) is 25.2 Å². The summed E-state index contributed by atoms with van der Waals surface area (Å²) in [6, 6.07) is 6.96. The summed E-state index contributed by atoms with van der Waals surface area (Å²) < 4.78 is 38.4. The lowest BCUT2D eigenvalue weighted by molar-refractivity contribution is 0.201. The normalized spacial score (nSPS) is 24.1. The molecule has 0 aliphatic carbocycles. The number of hydrogen-bond donors (Lipinski definition) is 1. The maximum atomic E-state index is 13.6. The van der Waals surface area contributed by atoms with Gasteiger partial charge in [0.05, 0.1) is 6.26 Å². The molecule has 1 saturated heterocycles. The molecule has 1 aromatic rings. The van der Waals surface area contributed by atoms with E-state index in [-0.39, 0.29) is 17.8 Å². The molecule has 21 heavy (non-hydrogen) atoms. The fourth-order valence-corrected chi connectivity index (χ4v) is 3.76. The Balaban J connectivity index is 1.97. The standard InChI is InChI=1S/C15H23FN2O2S/c1-3-12-11-18(21(2,19)20)9-8-15(12)17-10-13-6-4-5-7-14(13)16/h4-7,12,15,17H,3,8-11H2,1-2H3/t12-,15+/m1/s1. The van der Waals surface area contributed by atoms with Gasteiger partial charge in [-0.3, -0.25) is 0 Å². The zero-order valence-corrected chi connectivity index (χ0v) is 13.4. The van der Waals surface area contributed by atoms with Crippen molar-refractivity contribution in [3.8, 4) is 0 Å². The first-order chi connectivity index (χ1) is 9.91. The van der Waals surface area contributed by atoms with Gasteiger partial charge in [0.1, 0.15) is 5.82 Å². The summed E-state index contributed by atoms with van der Waals surface area (Å²) in [7, 11) is -3.12. The summed E-state index contributed by atoms with van der Waals surface area (Å²) in [5.74, 6) is 0.0619. The Morgan fingerprint density at radius 1 is 1.38 bits per heavy atom. The smallest absolute Gasteiger partial charge is 0.211 e. The van der Waals surface area contributed by atoms with Crippen molar-refractivity contribution >= 4 is 10.0 Å². The fraction of sp³-hybridized carbons (Fsp3) is 0.600. The molecular formula is C15H23FN2O2S. The number of hydrogen-bond acceptors (Lipinski definition) is 3. The minimum atomic E-state index is -3.12. The Labute approximate surface area is 126 Å². The summed E-state index contributed by atoms with van der Waals surface area (Å²) in [6.45, 7) is 3.62. The van der Waals surface area contributed by atoms with Gasteiger partial charge in [0.15, 0.2) is 0 Å². The second kappa shape index (κ2) is 6.85. The molecule has 4 nitrogen and oxygen atoms in total. The van der Waals surface area contributed by atoms with Crippen LogP contribution in [-0.2, 0) is 16.6 Å². The molecule has 0 amide bonds. The predicted octanol–water partition coefficient (Wildman–Crippen LogP) is 1.98. The van der Waals surface area contributed by atoms with Crippen LogP contribution in [0.4, 0.5) is 4.39 Å². The van der Waals surface area contributed by atoms with Crippen molar-refractivity contribution in [1.82, 2.24) is 9.62 Å². The van der Waals surface area contributed by atoms with Gasteiger partial charge in [0.2, 0.25) is 10.0 Å². The summed E-state index contributed by atoms with van der Waals surface area (Å²) >= 11 is 0. The van der Waals surface area contributed by atoms with E-state index in [0.717, 1.165) is 12.8 Å². The first-order valence-corrected chi connectivity index (χ1v) is 9.18. The third-order valence-corrected chi connectivity index (χ3v) is 5.47. The van der Waals surface area contributed by atoms with Gasteiger partial charge in [-0.05, 0) is 18.4 Å². The summed E-state index contributed by atoms with van der Waals surface area (Å²) in [5, 5.41) is 3.39. The first-order valence-electron chi connectivity index (χ1n) is 7.33. The SMILES string of the molecule is CC[C@@H]1CN(S(C)(=O)=O)CC[C@@H]1NCc1ccccc1F. The maximum Gasteiger partial charge on any atom is 0.211 e. The molecule has 1 aliphatic rings. The molecule has 2 atom stereocenters. The van der Waals surface area contributed by atoms with Crippen molar-refractivity contribution in [2.75, 3.05) is 19.3 Å². The fourth-order valence-electron chi connectivity index (χ4n) is 2.87. The van der Waals surface area contributed by atoms with Gasteiger partial charge in [-0.1, -0.05) is 31.5 Å². The van der Waals surface area contributed by atoms with Crippen LogP contribution < -0.4 is 5.32 Å². The van der Waals surface area contributed by atoms with E-state index in [1.807, 2.05) is 6.07 Å². The average Bonchev–Trinajstić information content (AvgIpc) is 2.45. The summed E-state index contributed by atoms with van der Waals surface area (Å²) in [5.41, 5.74) is 0.651. The van der Waals surface area contributed by atoms with E-state index in [4.69, 9.17) is 0 Å². The molecule has 6 heteroatoms. The Morgan fingerprint density at radius 3 is 2.71 bits per heavy atom. The van der Waals surface area contributed by atoms with Crippen LogP contribution in [0.5, 0.6) is 0 Å². The van der Waals surface area contributed by atoms with Crippen molar-refractivity contribution in [1.29, 1.82) is 0 Å². The highest BCUT2D eigenvalue weighted by atomic mass is 32.2. The van der Waals surface area contributed by atoms with Crippen LogP contribution in [-0.4, -0.2) is 38.1 Å². The number of benzene rings is 1. The number of piperidine rings is 1. The molecule has 2 rings (SSSR count). The van der Waals surface area contributed by atoms with Gasteiger partial charge in [-0.25, -0.2) is 17.1 Å². The minimum absolute atomic E-state index is 0.202. The molecule has 0 radical (unpaired) electrons. The average molecular weight is 314 g/mol. The molecule has 0 spiro atoms. The van der Waals surface area contributed by atoms with Crippen LogP contribution in [0.2, 0.25) is 0 Å². The molecule has 1 fully saturated rings. The molecule has 1 N–H and O–H groups in total. The molecule has 0 bridgehead atoms. The van der Waals surface area contributed by atoms with Gasteiger partial charge in [0.25, 0.3) is 0 Å². The number of halogens is 1. The molecule has 1 heterocycles. The Kier molecular flexibility index (Phi) is 5.35. The molecule has 0 unspecified atom stereocenters. The van der Waals surface area contributed by atoms with Crippen LogP contribution >= 0.6 is 0 Å². The van der Waals surface area contributed by atoms with Crippen molar-refractivity contribution in [2.24, 2.45) is 5.92 Å². The topological polar surface area (TPSA) is 49.4 Å². The Bertz CT molecular complexity index is 577. The monoisotopic (exact) mass is 314 g/mol. The predicted molar refractivity (Wildman–Crippen MR) is 81.8 cm³/mol. The van der Waals surface area contributed by atoms with Crippen molar-refractivity contribution in [3.63, 3.8) is 0 Å². The van der Waals surface area contributed by atoms with E-state index in [2.05, 4.69) is 12.2 Å². The van der Waals surface area contributed by atoms with Crippen LogP contribution in [0.3, 0.4) is 0 Å². The zero-order valence-electron chi connectivity index (χ0n) is 12.5. The van der Waals surface area contributed by atoms with Crippen molar-refractivity contribution in [2.45, 2.75) is 32.4 Å². The van der Waals surface area contributed by atoms with E-state index in [1.165, 1.54) is 12.3 Å². The van der Waals surface area contributed by atoms with E-state index in [1.54, 1.807) is 16.4 Å². The van der Waals surface area contributed by atoms with Crippen LogP contribution in [0.25, 0.3) is 0 Å². The number of nitrogens with one attached hydrogen (secondary N) is 1. The second-order valence-corrected chi connectivity index (χ2v) is 7.64. The van der Waals surface area contributed by atoms with Gasteiger partial charge in [-0.2, -0.15) is 0 Å². The molecular weight excluding hydrogens is 291 g/mol. The zero-order chi connectivity index (χ0) is 15.5. The third kappa shape index (κ3) is 4.25. The third-order valence-electron chi connectivity index (χ3n) is 4.20. The highest BCUT2D eigenvalue weighted by molar-refractivity contribution is 7.88. The number of sulfonamides is 1. The van der Waals surface area contributed by atoms with Crippen molar-refractivity contribution < 1.29 is 12.8 Å². The van der Waals surface area contributed by atoms with E-state index < -0.39 is 10.0 Å². The first kappa shape index (κ1) is 16.4. The highest BCUT2D eigenvalue weighted by Crippen LogP contribution is 2.22. The van der Waals surface area contributed by atoms with E-state index >= 15 is 0 Å². The lowest BCUT2D eigenvalue weighted by Crippen LogP contribution is -2.50. The lowest BCUT2D eigenvalue weighted by atomic mass is 9.91.